The molecule has 1 fully saturated rings. The molecule has 0 bridgehead atoms. The first-order valence-corrected chi connectivity index (χ1v) is 7.45. The molecule has 1 saturated heterocycles. The highest BCUT2D eigenvalue weighted by Gasteiger charge is 2.37. The fourth-order valence-corrected chi connectivity index (χ4v) is 3.31. The SMILES string of the molecule is CC12CC=CC=C(C(=O)c3ccccc3)N1CCCC2. The predicted molar refractivity (Wildman–Crippen MR) is 81.6 cm³/mol. The first-order valence-electron chi connectivity index (χ1n) is 7.45. The van der Waals surface area contributed by atoms with Crippen molar-refractivity contribution >= 4 is 5.78 Å². The molecule has 0 radical (unpaired) electrons. The number of fused-ring (bicyclic) bond motifs is 1. The Bertz CT molecular complexity index is 558. The molecule has 104 valence electrons. The number of nitrogens with zero attached hydrogens (tertiary/aromatic N) is 1. The first-order chi connectivity index (χ1) is 9.71. The lowest BCUT2D eigenvalue weighted by atomic mass is 9.85. The van der Waals surface area contributed by atoms with Crippen LogP contribution in [0.4, 0.5) is 0 Å². The van der Waals surface area contributed by atoms with Gasteiger partial charge >= 0.3 is 0 Å². The first kappa shape index (κ1) is 13.2. The van der Waals surface area contributed by atoms with Gasteiger partial charge in [0.05, 0.1) is 5.70 Å². The van der Waals surface area contributed by atoms with Gasteiger partial charge in [0.2, 0.25) is 5.78 Å². The molecule has 0 spiro atoms. The third-order valence-corrected chi connectivity index (χ3v) is 4.51. The molecule has 2 heterocycles. The van der Waals surface area contributed by atoms with Gasteiger partial charge in [0.1, 0.15) is 0 Å². The summed E-state index contributed by atoms with van der Waals surface area (Å²) in [5.74, 6) is 0.144. The van der Waals surface area contributed by atoms with Crippen molar-refractivity contribution in [2.75, 3.05) is 6.54 Å². The summed E-state index contributed by atoms with van der Waals surface area (Å²) in [4.78, 5) is 15.1. The number of carbonyl (C=O) groups excluding carboxylic acids is 1. The lowest BCUT2D eigenvalue weighted by Crippen LogP contribution is -2.49. The van der Waals surface area contributed by atoms with Crippen molar-refractivity contribution in [2.45, 2.75) is 38.1 Å². The normalized spacial score (nSPS) is 25.6. The molecule has 20 heavy (non-hydrogen) atoms. The van der Waals surface area contributed by atoms with E-state index in [9.17, 15) is 4.79 Å². The molecule has 3 rings (SSSR count). The third-order valence-electron chi connectivity index (χ3n) is 4.51. The van der Waals surface area contributed by atoms with Crippen LogP contribution < -0.4 is 0 Å². The number of hydrogen-bond acceptors (Lipinski definition) is 2. The summed E-state index contributed by atoms with van der Waals surface area (Å²) >= 11 is 0. The maximum Gasteiger partial charge on any atom is 0.209 e. The minimum absolute atomic E-state index is 0.0987. The molecule has 1 aromatic rings. The Labute approximate surface area is 120 Å². The Morgan fingerprint density at radius 2 is 2.00 bits per heavy atom. The molecule has 0 N–H and O–H groups in total. The van der Waals surface area contributed by atoms with E-state index >= 15 is 0 Å². The van der Waals surface area contributed by atoms with Crippen LogP contribution in [-0.2, 0) is 0 Å². The number of carbonyl (C=O) groups is 1. The molecule has 2 aliphatic rings. The Morgan fingerprint density at radius 3 is 2.80 bits per heavy atom. The highest BCUT2D eigenvalue weighted by molar-refractivity contribution is 6.08. The van der Waals surface area contributed by atoms with Gasteiger partial charge in [0.25, 0.3) is 0 Å². The monoisotopic (exact) mass is 267 g/mol. The standard InChI is InChI=1S/C18H21NO/c1-18-12-6-5-11-16(19(18)14-8-7-13-18)17(20)15-9-3-2-4-10-15/h2-6,9-11H,7-8,12-14H2,1H3. The number of ketones is 1. The van der Waals surface area contributed by atoms with Crippen molar-refractivity contribution in [2.24, 2.45) is 0 Å². The van der Waals surface area contributed by atoms with Crippen LogP contribution in [0.25, 0.3) is 0 Å². The van der Waals surface area contributed by atoms with E-state index in [1.165, 1.54) is 12.8 Å². The number of benzene rings is 1. The fraction of sp³-hybridized carbons (Fsp3) is 0.389. The van der Waals surface area contributed by atoms with E-state index in [0.717, 1.165) is 30.6 Å². The Kier molecular flexibility index (Phi) is 3.47. The van der Waals surface area contributed by atoms with Crippen molar-refractivity contribution in [1.29, 1.82) is 0 Å². The molecule has 0 amide bonds. The topological polar surface area (TPSA) is 20.3 Å². The average molecular weight is 267 g/mol. The molecule has 0 aliphatic carbocycles. The fourth-order valence-electron chi connectivity index (χ4n) is 3.31. The van der Waals surface area contributed by atoms with E-state index in [4.69, 9.17) is 0 Å². The van der Waals surface area contributed by atoms with Crippen LogP contribution >= 0.6 is 0 Å². The molecule has 1 atom stereocenters. The van der Waals surface area contributed by atoms with Crippen molar-refractivity contribution in [3.05, 3.63) is 59.8 Å². The minimum Gasteiger partial charge on any atom is -0.363 e. The van der Waals surface area contributed by atoms with Crippen molar-refractivity contribution < 1.29 is 4.79 Å². The smallest absolute Gasteiger partial charge is 0.209 e. The average Bonchev–Trinajstić information content (AvgIpc) is 2.66. The van der Waals surface area contributed by atoms with Crippen LogP contribution in [0.2, 0.25) is 0 Å². The molecule has 1 aromatic carbocycles. The highest BCUT2D eigenvalue weighted by atomic mass is 16.1. The van der Waals surface area contributed by atoms with Crippen LogP contribution in [0.15, 0.2) is 54.3 Å². The quantitative estimate of drug-likeness (QED) is 0.756. The van der Waals surface area contributed by atoms with Crippen LogP contribution in [0.1, 0.15) is 43.0 Å². The zero-order valence-electron chi connectivity index (χ0n) is 12.0. The van der Waals surface area contributed by atoms with Gasteiger partial charge in [-0.25, -0.2) is 0 Å². The van der Waals surface area contributed by atoms with Gasteiger partial charge in [-0.05, 0) is 38.7 Å². The third kappa shape index (κ3) is 2.31. The van der Waals surface area contributed by atoms with Crippen molar-refractivity contribution in [1.82, 2.24) is 4.90 Å². The Hall–Kier alpha value is -1.83. The number of piperidine rings is 1. The minimum atomic E-state index is 0.0987. The van der Waals surface area contributed by atoms with E-state index < -0.39 is 0 Å². The summed E-state index contributed by atoms with van der Waals surface area (Å²) in [6.07, 6.45) is 10.9. The largest absolute Gasteiger partial charge is 0.363 e. The van der Waals surface area contributed by atoms with Gasteiger partial charge < -0.3 is 4.90 Å². The maximum absolute atomic E-state index is 12.8. The second kappa shape index (κ2) is 5.28. The number of Topliss-reactive ketones (excluding diaryl/α,β-unsaturated/α-hetero) is 1. The summed E-state index contributed by atoms with van der Waals surface area (Å²) in [5.41, 5.74) is 1.73. The highest BCUT2D eigenvalue weighted by Crippen LogP contribution is 2.36. The van der Waals surface area contributed by atoms with E-state index in [0.29, 0.717) is 0 Å². The molecule has 0 aromatic heterocycles. The van der Waals surface area contributed by atoms with Gasteiger partial charge in [-0.3, -0.25) is 4.79 Å². The van der Waals surface area contributed by atoms with Crippen LogP contribution in [0, 0.1) is 0 Å². The number of hydrogen-bond donors (Lipinski definition) is 0. The van der Waals surface area contributed by atoms with Gasteiger partial charge in [-0.2, -0.15) is 0 Å². The summed E-state index contributed by atoms with van der Waals surface area (Å²) < 4.78 is 0. The van der Waals surface area contributed by atoms with E-state index in [1.807, 2.05) is 42.5 Å². The van der Waals surface area contributed by atoms with Crippen molar-refractivity contribution in [3.8, 4) is 0 Å². The second-order valence-corrected chi connectivity index (χ2v) is 5.99. The summed E-state index contributed by atoms with van der Waals surface area (Å²) in [7, 11) is 0. The van der Waals surface area contributed by atoms with Crippen LogP contribution in [-0.4, -0.2) is 22.8 Å². The zero-order chi connectivity index (χ0) is 14.0. The summed E-state index contributed by atoms with van der Waals surface area (Å²) in [6.45, 7) is 3.27. The molecular formula is C18H21NO. The second-order valence-electron chi connectivity index (χ2n) is 5.99. The van der Waals surface area contributed by atoms with E-state index in [-0.39, 0.29) is 11.3 Å². The zero-order valence-corrected chi connectivity index (χ0v) is 12.0. The summed E-state index contributed by atoms with van der Waals surface area (Å²) in [6, 6.07) is 9.60. The predicted octanol–water partition coefficient (Wildman–Crippen LogP) is 3.96. The molecule has 1 unspecified atom stereocenters. The van der Waals surface area contributed by atoms with Crippen LogP contribution in [0.3, 0.4) is 0 Å². The molecular weight excluding hydrogens is 246 g/mol. The molecule has 2 aliphatic heterocycles. The molecule has 0 saturated carbocycles. The van der Waals surface area contributed by atoms with E-state index in [1.54, 1.807) is 0 Å². The van der Waals surface area contributed by atoms with Gasteiger partial charge in [0.15, 0.2) is 0 Å². The summed E-state index contributed by atoms with van der Waals surface area (Å²) in [5, 5.41) is 0. The van der Waals surface area contributed by atoms with Gasteiger partial charge in [-0.1, -0.05) is 42.5 Å². The Morgan fingerprint density at radius 1 is 1.20 bits per heavy atom. The molecule has 2 nitrogen and oxygen atoms in total. The maximum atomic E-state index is 12.8. The van der Waals surface area contributed by atoms with Crippen LogP contribution in [0.5, 0.6) is 0 Å². The number of rotatable bonds is 2. The van der Waals surface area contributed by atoms with Gasteiger partial charge in [0, 0.05) is 17.6 Å². The Balaban J connectivity index is 1.96. The molecule has 2 heteroatoms. The lowest BCUT2D eigenvalue weighted by molar-refractivity contribution is 0.0780. The van der Waals surface area contributed by atoms with Gasteiger partial charge in [-0.15, -0.1) is 0 Å². The van der Waals surface area contributed by atoms with Crippen molar-refractivity contribution in [3.63, 3.8) is 0 Å². The van der Waals surface area contributed by atoms with E-state index in [2.05, 4.69) is 17.9 Å². The number of allylic oxidation sites excluding steroid dienone is 3. The lowest BCUT2D eigenvalue weighted by Gasteiger charge is -2.46.